The van der Waals surface area contributed by atoms with Crippen LogP contribution in [0.25, 0.3) is 0 Å². The summed E-state index contributed by atoms with van der Waals surface area (Å²) in [5.41, 5.74) is 2.83. The molecule has 66 valence electrons. The summed E-state index contributed by atoms with van der Waals surface area (Å²) in [6.07, 6.45) is 1.16. The second-order valence-corrected chi connectivity index (χ2v) is 4.86. The first-order valence-electron chi connectivity index (χ1n) is 4.43. The number of benzene rings is 1. The fraction of sp³-hybridized carbons (Fsp3) is 0.455. The van der Waals surface area contributed by atoms with Gasteiger partial charge in [0.15, 0.2) is 0 Å². The minimum absolute atomic E-state index is 0.241. The Kier molecular flexibility index (Phi) is 2.90. The van der Waals surface area contributed by atoms with E-state index in [2.05, 4.69) is 54.3 Å². The molecule has 0 aliphatic heterocycles. The first-order chi connectivity index (χ1) is 5.58. The van der Waals surface area contributed by atoms with Gasteiger partial charge in [0.2, 0.25) is 0 Å². The second-order valence-electron chi connectivity index (χ2n) is 3.59. The summed E-state index contributed by atoms with van der Waals surface area (Å²) in [6, 6.07) is 8.59. The van der Waals surface area contributed by atoms with Crippen LogP contribution in [0.3, 0.4) is 0 Å². The molecular weight excluding hydrogens is 163 g/mol. The van der Waals surface area contributed by atoms with Crippen molar-refractivity contribution in [3.05, 3.63) is 35.4 Å². The monoisotopic (exact) mass is 180 g/mol. The van der Waals surface area contributed by atoms with Crippen LogP contribution in [-0.2, 0) is 5.16 Å². The molecule has 0 radical (unpaired) electrons. The van der Waals surface area contributed by atoms with E-state index in [-0.39, 0.29) is 5.16 Å². The highest BCUT2D eigenvalue weighted by Gasteiger charge is 2.19. The molecule has 0 amide bonds. The quantitative estimate of drug-likeness (QED) is 0.611. The third-order valence-electron chi connectivity index (χ3n) is 2.49. The molecule has 1 aromatic carbocycles. The van der Waals surface area contributed by atoms with Crippen molar-refractivity contribution in [2.75, 3.05) is 0 Å². The van der Waals surface area contributed by atoms with Crippen molar-refractivity contribution in [1.82, 2.24) is 0 Å². The molecule has 0 aliphatic rings. The Bertz CT molecular complexity index is 263. The Morgan fingerprint density at radius 3 is 2.42 bits per heavy atom. The van der Waals surface area contributed by atoms with Crippen LogP contribution in [0, 0.1) is 6.92 Å². The maximum atomic E-state index is 2.94. The molecule has 2 atom stereocenters. The number of aryl methyl sites for hydroxylation is 1. The van der Waals surface area contributed by atoms with Gasteiger partial charge >= 0.3 is 0 Å². The van der Waals surface area contributed by atoms with Gasteiger partial charge in [0.1, 0.15) is 0 Å². The van der Waals surface area contributed by atoms with Gasteiger partial charge in [-0.1, -0.05) is 38.1 Å². The largest absolute Gasteiger partial charge is 0.127 e. The van der Waals surface area contributed by atoms with E-state index in [1.165, 1.54) is 11.1 Å². The third kappa shape index (κ3) is 1.87. The smallest absolute Gasteiger partial charge is 0.00694 e. The van der Waals surface area contributed by atoms with Gasteiger partial charge in [-0.3, -0.25) is 0 Å². The normalized spacial score (nSPS) is 15.7. The van der Waals surface area contributed by atoms with Gasteiger partial charge < -0.3 is 0 Å². The minimum Gasteiger partial charge on any atom is -0.127 e. The van der Waals surface area contributed by atoms with Gasteiger partial charge in [-0.25, -0.2) is 0 Å². The molecule has 0 bridgehead atoms. The average molecular weight is 180 g/mol. The highest BCUT2D eigenvalue weighted by Crippen LogP contribution is 2.35. The van der Waals surface area contributed by atoms with Crippen LogP contribution >= 0.6 is 9.24 Å². The SMILES string of the molecule is CCC(C)(P)c1ccccc1C. The molecule has 0 saturated carbocycles. The first-order valence-corrected chi connectivity index (χ1v) is 5.00. The molecule has 1 heteroatoms. The second kappa shape index (κ2) is 3.58. The van der Waals surface area contributed by atoms with Crippen LogP contribution in [0.4, 0.5) is 0 Å². The molecular formula is C11H17P. The van der Waals surface area contributed by atoms with E-state index in [0.717, 1.165) is 6.42 Å². The standard InChI is InChI=1S/C11H17P/c1-4-11(3,12)10-8-6-5-7-9(10)2/h5-8H,4,12H2,1-3H3. The predicted octanol–water partition coefficient (Wildman–Crippen LogP) is 3.50. The first kappa shape index (κ1) is 9.74. The fourth-order valence-corrected chi connectivity index (χ4v) is 1.73. The summed E-state index contributed by atoms with van der Waals surface area (Å²) in [5, 5.41) is 0.241. The van der Waals surface area contributed by atoms with E-state index in [4.69, 9.17) is 0 Å². The Morgan fingerprint density at radius 1 is 1.33 bits per heavy atom. The third-order valence-corrected chi connectivity index (χ3v) is 3.21. The Labute approximate surface area is 77.6 Å². The van der Waals surface area contributed by atoms with E-state index in [0.29, 0.717) is 0 Å². The summed E-state index contributed by atoms with van der Waals surface area (Å²) in [5.74, 6) is 0. The molecule has 12 heavy (non-hydrogen) atoms. The van der Waals surface area contributed by atoms with E-state index in [1.54, 1.807) is 0 Å². The lowest BCUT2D eigenvalue weighted by Crippen LogP contribution is -2.12. The highest BCUT2D eigenvalue weighted by molar-refractivity contribution is 7.18. The van der Waals surface area contributed by atoms with E-state index >= 15 is 0 Å². The molecule has 0 aliphatic carbocycles. The van der Waals surface area contributed by atoms with E-state index < -0.39 is 0 Å². The molecule has 0 heterocycles. The van der Waals surface area contributed by atoms with Gasteiger partial charge in [0.25, 0.3) is 0 Å². The van der Waals surface area contributed by atoms with Crippen LogP contribution in [0.15, 0.2) is 24.3 Å². The molecule has 0 N–H and O–H groups in total. The van der Waals surface area contributed by atoms with Crippen LogP contribution in [-0.4, -0.2) is 0 Å². The van der Waals surface area contributed by atoms with Crippen LogP contribution in [0.2, 0.25) is 0 Å². The zero-order valence-electron chi connectivity index (χ0n) is 8.09. The summed E-state index contributed by atoms with van der Waals surface area (Å²) in [4.78, 5) is 0. The zero-order chi connectivity index (χ0) is 9.19. The van der Waals surface area contributed by atoms with Crippen molar-refractivity contribution in [2.45, 2.75) is 32.3 Å². The van der Waals surface area contributed by atoms with Crippen molar-refractivity contribution >= 4 is 9.24 Å². The summed E-state index contributed by atoms with van der Waals surface area (Å²) in [7, 11) is 2.94. The van der Waals surface area contributed by atoms with Crippen LogP contribution in [0.1, 0.15) is 31.4 Å². The fourth-order valence-electron chi connectivity index (χ4n) is 1.40. The van der Waals surface area contributed by atoms with Crippen LogP contribution in [0.5, 0.6) is 0 Å². The van der Waals surface area contributed by atoms with Crippen molar-refractivity contribution < 1.29 is 0 Å². The average Bonchev–Trinajstić information content (AvgIpc) is 2.05. The zero-order valence-corrected chi connectivity index (χ0v) is 9.25. The summed E-state index contributed by atoms with van der Waals surface area (Å²) in [6.45, 7) is 6.66. The molecule has 0 nitrogen and oxygen atoms in total. The topological polar surface area (TPSA) is 0 Å². The molecule has 0 aromatic heterocycles. The van der Waals surface area contributed by atoms with Gasteiger partial charge in [-0.15, -0.1) is 9.24 Å². The lowest BCUT2D eigenvalue weighted by atomic mass is 9.93. The van der Waals surface area contributed by atoms with Crippen molar-refractivity contribution in [2.24, 2.45) is 0 Å². The van der Waals surface area contributed by atoms with Gasteiger partial charge in [-0.2, -0.15) is 0 Å². The number of hydrogen-bond donors (Lipinski definition) is 0. The lowest BCUT2D eigenvalue weighted by molar-refractivity contribution is 0.660. The molecule has 0 fully saturated rings. The maximum Gasteiger partial charge on any atom is 0.00694 e. The van der Waals surface area contributed by atoms with Gasteiger partial charge in [-0.05, 0) is 24.5 Å². The highest BCUT2D eigenvalue weighted by atomic mass is 31.0. The Balaban J connectivity index is 3.10. The maximum absolute atomic E-state index is 2.94. The Morgan fingerprint density at radius 2 is 1.92 bits per heavy atom. The van der Waals surface area contributed by atoms with Crippen molar-refractivity contribution in [1.29, 1.82) is 0 Å². The molecule has 2 unspecified atom stereocenters. The lowest BCUT2D eigenvalue weighted by Gasteiger charge is -2.24. The number of hydrogen-bond acceptors (Lipinski definition) is 0. The summed E-state index contributed by atoms with van der Waals surface area (Å²) < 4.78 is 0. The van der Waals surface area contributed by atoms with E-state index in [9.17, 15) is 0 Å². The molecule has 0 saturated heterocycles. The molecule has 1 rings (SSSR count). The Hall–Kier alpha value is -0.350. The van der Waals surface area contributed by atoms with Gasteiger partial charge in [0, 0.05) is 5.16 Å². The van der Waals surface area contributed by atoms with Gasteiger partial charge in [0.05, 0.1) is 0 Å². The predicted molar refractivity (Wildman–Crippen MR) is 58.5 cm³/mol. The minimum atomic E-state index is 0.241. The summed E-state index contributed by atoms with van der Waals surface area (Å²) >= 11 is 0. The number of rotatable bonds is 2. The van der Waals surface area contributed by atoms with Crippen LogP contribution < -0.4 is 0 Å². The van der Waals surface area contributed by atoms with Crippen molar-refractivity contribution in [3.63, 3.8) is 0 Å². The molecule has 0 spiro atoms. The molecule has 1 aromatic rings. The van der Waals surface area contributed by atoms with Crippen molar-refractivity contribution in [3.8, 4) is 0 Å². The van der Waals surface area contributed by atoms with E-state index in [1.807, 2.05) is 0 Å².